The maximum Gasteiger partial charge on any atom is 0.254 e. The molecule has 1 aromatic heterocycles. The molecular formula is C16H18FN3O. The molecule has 0 saturated carbocycles. The zero-order valence-corrected chi connectivity index (χ0v) is 12.4. The monoisotopic (exact) mass is 287 g/mol. The zero-order chi connectivity index (χ0) is 15.4. The first-order valence-electron chi connectivity index (χ1n) is 6.82. The van der Waals surface area contributed by atoms with Crippen molar-refractivity contribution in [2.45, 2.75) is 27.2 Å². The van der Waals surface area contributed by atoms with Crippen LogP contribution in [-0.2, 0) is 6.42 Å². The van der Waals surface area contributed by atoms with Crippen LogP contribution < -0.4 is 5.32 Å². The molecule has 0 saturated heterocycles. The van der Waals surface area contributed by atoms with E-state index in [1.165, 1.54) is 6.07 Å². The summed E-state index contributed by atoms with van der Waals surface area (Å²) in [5.41, 5.74) is 2.40. The summed E-state index contributed by atoms with van der Waals surface area (Å²) >= 11 is 0. The van der Waals surface area contributed by atoms with Crippen LogP contribution in [0.1, 0.15) is 33.1 Å². The van der Waals surface area contributed by atoms with Crippen LogP contribution >= 0.6 is 0 Å². The lowest BCUT2D eigenvalue weighted by atomic mass is 10.1. The molecule has 1 N–H and O–H groups in total. The first kappa shape index (κ1) is 15.1. The molecule has 0 fully saturated rings. The molecule has 2 aromatic rings. The SMILES string of the molecule is Cc1nc(C)c(C(=O)NCCc2ccccc2F)c(C)n1. The summed E-state index contributed by atoms with van der Waals surface area (Å²) in [5.74, 6) is 0.173. The minimum Gasteiger partial charge on any atom is -0.352 e. The molecule has 1 heterocycles. The Morgan fingerprint density at radius 3 is 2.38 bits per heavy atom. The van der Waals surface area contributed by atoms with E-state index >= 15 is 0 Å². The molecule has 0 atom stereocenters. The van der Waals surface area contributed by atoms with Gasteiger partial charge < -0.3 is 5.32 Å². The summed E-state index contributed by atoms with van der Waals surface area (Å²) < 4.78 is 13.5. The van der Waals surface area contributed by atoms with E-state index in [1.807, 2.05) is 0 Å². The van der Waals surface area contributed by atoms with E-state index in [1.54, 1.807) is 39.0 Å². The molecule has 0 aliphatic heterocycles. The number of aromatic nitrogens is 2. The van der Waals surface area contributed by atoms with Gasteiger partial charge in [-0.25, -0.2) is 14.4 Å². The van der Waals surface area contributed by atoms with Gasteiger partial charge in [0.2, 0.25) is 0 Å². The van der Waals surface area contributed by atoms with Crippen molar-refractivity contribution in [1.29, 1.82) is 0 Å². The maximum atomic E-state index is 13.5. The van der Waals surface area contributed by atoms with Crippen molar-refractivity contribution in [3.05, 3.63) is 58.4 Å². The molecule has 2 rings (SSSR count). The molecule has 110 valence electrons. The first-order chi connectivity index (χ1) is 9.99. The van der Waals surface area contributed by atoms with Gasteiger partial charge in [-0.2, -0.15) is 0 Å². The molecule has 0 unspecified atom stereocenters. The molecule has 21 heavy (non-hydrogen) atoms. The van der Waals surface area contributed by atoms with Gasteiger partial charge in [0.1, 0.15) is 11.6 Å². The van der Waals surface area contributed by atoms with E-state index in [-0.39, 0.29) is 11.7 Å². The van der Waals surface area contributed by atoms with Crippen LogP contribution in [0.4, 0.5) is 4.39 Å². The highest BCUT2D eigenvalue weighted by molar-refractivity contribution is 5.96. The third-order valence-electron chi connectivity index (χ3n) is 3.25. The van der Waals surface area contributed by atoms with Crippen molar-refractivity contribution in [3.63, 3.8) is 0 Å². The van der Waals surface area contributed by atoms with E-state index < -0.39 is 0 Å². The highest BCUT2D eigenvalue weighted by Crippen LogP contribution is 2.10. The average Bonchev–Trinajstić information content (AvgIpc) is 2.39. The van der Waals surface area contributed by atoms with Crippen molar-refractivity contribution in [2.24, 2.45) is 0 Å². The largest absolute Gasteiger partial charge is 0.352 e. The Kier molecular flexibility index (Phi) is 4.62. The van der Waals surface area contributed by atoms with Crippen molar-refractivity contribution in [2.75, 3.05) is 6.54 Å². The van der Waals surface area contributed by atoms with E-state index in [2.05, 4.69) is 15.3 Å². The smallest absolute Gasteiger partial charge is 0.254 e. The Morgan fingerprint density at radius 2 is 1.76 bits per heavy atom. The summed E-state index contributed by atoms with van der Waals surface area (Å²) in [6.45, 7) is 5.73. The van der Waals surface area contributed by atoms with Gasteiger partial charge in [-0.1, -0.05) is 18.2 Å². The predicted octanol–water partition coefficient (Wildman–Crippen LogP) is 2.51. The lowest BCUT2D eigenvalue weighted by molar-refractivity contribution is 0.0952. The Morgan fingerprint density at radius 1 is 1.14 bits per heavy atom. The predicted molar refractivity (Wildman–Crippen MR) is 78.7 cm³/mol. The maximum absolute atomic E-state index is 13.5. The third kappa shape index (κ3) is 3.62. The minimum atomic E-state index is -0.252. The van der Waals surface area contributed by atoms with Crippen LogP contribution in [0.2, 0.25) is 0 Å². The quantitative estimate of drug-likeness (QED) is 0.940. The molecule has 4 nitrogen and oxygen atoms in total. The number of rotatable bonds is 4. The number of hydrogen-bond acceptors (Lipinski definition) is 3. The summed E-state index contributed by atoms with van der Waals surface area (Å²) in [5, 5.41) is 2.79. The minimum absolute atomic E-state index is 0.221. The van der Waals surface area contributed by atoms with Gasteiger partial charge in [0.25, 0.3) is 5.91 Å². The van der Waals surface area contributed by atoms with Gasteiger partial charge >= 0.3 is 0 Å². The Bertz CT molecular complexity index is 647. The van der Waals surface area contributed by atoms with Crippen LogP contribution in [0.15, 0.2) is 24.3 Å². The third-order valence-corrected chi connectivity index (χ3v) is 3.25. The second-order valence-electron chi connectivity index (χ2n) is 4.91. The highest BCUT2D eigenvalue weighted by atomic mass is 19.1. The van der Waals surface area contributed by atoms with Gasteiger partial charge in [0.15, 0.2) is 0 Å². The average molecular weight is 287 g/mol. The number of nitrogens with zero attached hydrogens (tertiary/aromatic N) is 2. The lowest BCUT2D eigenvalue weighted by Crippen LogP contribution is -2.28. The second kappa shape index (κ2) is 6.43. The topological polar surface area (TPSA) is 54.9 Å². The molecule has 0 aliphatic carbocycles. The number of benzene rings is 1. The fourth-order valence-electron chi connectivity index (χ4n) is 2.31. The summed E-state index contributed by atoms with van der Waals surface area (Å²) in [6.07, 6.45) is 0.448. The Balaban J connectivity index is 2.01. The van der Waals surface area contributed by atoms with E-state index in [0.29, 0.717) is 41.3 Å². The van der Waals surface area contributed by atoms with Gasteiger partial charge in [-0.15, -0.1) is 0 Å². The second-order valence-corrected chi connectivity index (χ2v) is 4.91. The molecule has 0 radical (unpaired) electrons. The molecule has 0 spiro atoms. The fourth-order valence-corrected chi connectivity index (χ4v) is 2.31. The molecule has 0 bridgehead atoms. The summed E-state index contributed by atoms with van der Waals surface area (Å²) in [4.78, 5) is 20.6. The van der Waals surface area contributed by atoms with Gasteiger partial charge in [-0.05, 0) is 38.8 Å². The number of aryl methyl sites for hydroxylation is 3. The van der Waals surface area contributed by atoms with Crippen LogP contribution in [0.25, 0.3) is 0 Å². The fraction of sp³-hybridized carbons (Fsp3) is 0.312. The van der Waals surface area contributed by atoms with E-state index in [4.69, 9.17) is 0 Å². The first-order valence-corrected chi connectivity index (χ1v) is 6.82. The Hall–Kier alpha value is -2.30. The molecule has 0 aliphatic rings. The van der Waals surface area contributed by atoms with Crippen molar-refractivity contribution in [1.82, 2.24) is 15.3 Å². The standard InChI is InChI=1S/C16H18FN3O/c1-10-15(11(2)20-12(3)19-10)16(21)18-9-8-13-6-4-5-7-14(13)17/h4-7H,8-9H2,1-3H3,(H,18,21). The summed E-state index contributed by atoms with van der Waals surface area (Å²) in [6, 6.07) is 6.56. The van der Waals surface area contributed by atoms with Crippen LogP contribution in [0.5, 0.6) is 0 Å². The van der Waals surface area contributed by atoms with Crippen molar-refractivity contribution in [3.8, 4) is 0 Å². The van der Waals surface area contributed by atoms with Crippen LogP contribution in [0, 0.1) is 26.6 Å². The van der Waals surface area contributed by atoms with Crippen LogP contribution in [0.3, 0.4) is 0 Å². The van der Waals surface area contributed by atoms with Gasteiger partial charge in [-0.3, -0.25) is 4.79 Å². The van der Waals surface area contributed by atoms with Crippen molar-refractivity contribution < 1.29 is 9.18 Å². The van der Waals surface area contributed by atoms with Crippen LogP contribution in [-0.4, -0.2) is 22.4 Å². The van der Waals surface area contributed by atoms with Gasteiger partial charge in [0.05, 0.1) is 17.0 Å². The Labute approximate surface area is 123 Å². The number of carbonyl (C=O) groups excluding carboxylic acids is 1. The lowest BCUT2D eigenvalue weighted by Gasteiger charge is -2.10. The molecule has 5 heteroatoms. The molecule has 1 amide bonds. The number of carbonyl (C=O) groups is 1. The number of halogens is 1. The molecule has 1 aromatic carbocycles. The number of amides is 1. The normalized spacial score (nSPS) is 10.5. The molecular weight excluding hydrogens is 269 g/mol. The summed E-state index contributed by atoms with van der Waals surface area (Å²) in [7, 11) is 0. The van der Waals surface area contributed by atoms with E-state index in [0.717, 1.165) is 0 Å². The number of hydrogen-bond donors (Lipinski definition) is 1. The highest BCUT2D eigenvalue weighted by Gasteiger charge is 2.14. The van der Waals surface area contributed by atoms with Crippen molar-refractivity contribution >= 4 is 5.91 Å². The van der Waals surface area contributed by atoms with E-state index in [9.17, 15) is 9.18 Å². The zero-order valence-electron chi connectivity index (χ0n) is 12.4. The number of nitrogens with one attached hydrogen (secondary N) is 1. The van der Waals surface area contributed by atoms with Gasteiger partial charge in [0, 0.05) is 6.54 Å².